The Morgan fingerprint density at radius 1 is 1.21 bits per heavy atom. The molecule has 0 aliphatic rings. The molecule has 1 N–H and O–H groups in total. The molecule has 0 fully saturated rings. The third-order valence-corrected chi connectivity index (χ3v) is 4.49. The number of methoxy groups -OCH3 is 1. The maximum Gasteiger partial charge on any atom is 0.273 e. The van der Waals surface area contributed by atoms with Gasteiger partial charge in [0.1, 0.15) is 5.75 Å². The zero-order valence-corrected chi connectivity index (χ0v) is 17.8. The molecule has 1 aromatic carbocycles. The van der Waals surface area contributed by atoms with Crippen molar-refractivity contribution in [3.63, 3.8) is 0 Å². The van der Waals surface area contributed by atoms with Crippen molar-refractivity contribution in [1.29, 1.82) is 0 Å². The average Bonchev–Trinajstić information content (AvgIpc) is 3.23. The zero-order chi connectivity index (χ0) is 20.4. The molecular weight excluding hydrogens is 422 g/mol. The first-order chi connectivity index (χ1) is 13.7. The number of ether oxygens (including phenoxy) is 1. The molecule has 3 aromatic rings. The number of pyridine rings is 1. The minimum absolute atomic E-state index is 0.254. The Morgan fingerprint density at radius 2 is 1.96 bits per heavy atom. The third-order valence-electron chi connectivity index (χ3n) is 3.87. The van der Waals surface area contributed by atoms with Crippen LogP contribution in [-0.4, -0.2) is 29.5 Å². The van der Waals surface area contributed by atoms with E-state index in [2.05, 4.69) is 31.2 Å². The number of amides is 1. The molecule has 148 valence electrons. The Hall–Kier alpha value is -2.67. The van der Waals surface area contributed by atoms with Gasteiger partial charge in [0.2, 0.25) is 0 Å². The van der Waals surface area contributed by atoms with E-state index in [1.54, 1.807) is 25.6 Å². The van der Waals surface area contributed by atoms with E-state index in [9.17, 15) is 4.79 Å². The molecule has 6 nitrogen and oxygen atoms in total. The van der Waals surface area contributed by atoms with E-state index in [1.165, 1.54) is 12.0 Å². The summed E-state index contributed by atoms with van der Waals surface area (Å²) in [7, 11) is 1.60. The number of carbonyl (C=O) groups is 1. The summed E-state index contributed by atoms with van der Waals surface area (Å²) in [4.78, 5) is 20.5. The molecule has 0 atom stereocenters. The molecule has 0 unspecified atom stereocenters. The van der Waals surface area contributed by atoms with E-state index in [-0.39, 0.29) is 11.6 Å². The summed E-state index contributed by atoms with van der Waals surface area (Å²) in [6, 6.07) is 9.40. The Bertz CT molecular complexity index is 882. The van der Waals surface area contributed by atoms with Crippen molar-refractivity contribution in [1.82, 2.24) is 15.3 Å². The molecule has 0 saturated carbocycles. The van der Waals surface area contributed by atoms with Gasteiger partial charge in [-0.3, -0.25) is 9.78 Å². The van der Waals surface area contributed by atoms with E-state index in [0.29, 0.717) is 18.1 Å². The second-order valence-electron chi connectivity index (χ2n) is 5.59. The SMILES string of the molecule is CC.COc1ccc(-c2ocnc2C(=O)NCCCc2ccncc2)cc1Br. The highest BCUT2D eigenvalue weighted by molar-refractivity contribution is 9.10. The van der Waals surface area contributed by atoms with Gasteiger partial charge in [0.15, 0.2) is 17.8 Å². The molecule has 1 amide bonds. The highest BCUT2D eigenvalue weighted by atomic mass is 79.9. The van der Waals surface area contributed by atoms with Gasteiger partial charge in [-0.05, 0) is 64.7 Å². The van der Waals surface area contributed by atoms with Gasteiger partial charge in [0.25, 0.3) is 5.91 Å². The molecule has 0 bridgehead atoms. The molecule has 2 heterocycles. The Morgan fingerprint density at radius 3 is 2.64 bits per heavy atom. The van der Waals surface area contributed by atoms with Crippen molar-refractivity contribution < 1.29 is 13.9 Å². The van der Waals surface area contributed by atoms with E-state index in [0.717, 1.165) is 22.9 Å². The Balaban J connectivity index is 0.00000136. The summed E-state index contributed by atoms with van der Waals surface area (Å²) in [6.07, 6.45) is 6.52. The summed E-state index contributed by atoms with van der Waals surface area (Å²) in [5, 5.41) is 2.89. The highest BCUT2D eigenvalue weighted by Crippen LogP contribution is 2.31. The number of aromatic nitrogens is 2. The number of benzene rings is 1. The van der Waals surface area contributed by atoms with Crippen molar-refractivity contribution in [3.8, 4) is 17.1 Å². The second-order valence-corrected chi connectivity index (χ2v) is 6.45. The minimum atomic E-state index is -0.254. The van der Waals surface area contributed by atoms with Crippen LogP contribution in [0.15, 0.2) is 58.0 Å². The molecule has 0 spiro atoms. The predicted molar refractivity (Wildman–Crippen MR) is 112 cm³/mol. The summed E-state index contributed by atoms with van der Waals surface area (Å²) >= 11 is 3.44. The van der Waals surface area contributed by atoms with E-state index >= 15 is 0 Å². The Labute approximate surface area is 173 Å². The summed E-state index contributed by atoms with van der Waals surface area (Å²) in [5.74, 6) is 0.880. The number of aryl methyl sites for hydroxylation is 1. The third kappa shape index (κ3) is 5.66. The fourth-order valence-electron chi connectivity index (χ4n) is 2.55. The first-order valence-electron chi connectivity index (χ1n) is 9.13. The number of rotatable bonds is 7. The maximum atomic E-state index is 12.4. The van der Waals surface area contributed by atoms with Gasteiger partial charge in [-0.25, -0.2) is 4.98 Å². The van der Waals surface area contributed by atoms with E-state index < -0.39 is 0 Å². The van der Waals surface area contributed by atoms with Crippen LogP contribution >= 0.6 is 15.9 Å². The number of oxazole rings is 1. The molecule has 0 aliphatic heterocycles. The van der Waals surface area contributed by atoms with Gasteiger partial charge < -0.3 is 14.5 Å². The van der Waals surface area contributed by atoms with E-state index in [4.69, 9.17) is 9.15 Å². The lowest BCUT2D eigenvalue weighted by atomic mass is 10.1. The van der Waals surface area contributed by atoms with Crippen molar-refractivity contribution in [3.05, 3.63) is 64.8 Å². The van der Waals surface area contributed by atoms with Crippen molar-refractivity contribution in [2.24, 2.45) is 0 Å². The van der Waals surface area contributed by atoms with Crippen molar-refractivity contribution in [2.45, 2.75) is 26.7 Å². The molecular formula is C21H24BrN3O3. The molecule has 2 aromatic heterocycles. The van der Waals surface area contributed by atoms with Crippen LogP contribution in [0.25, 0.3) is 11.3 Å². The second kappa shape index (κ2) is 11.2. The zero-order valence-electron chi connectivity index (χ0n) is 16.2. The fourth-order valence-corrected chi connectivity index (χ4v) is 3.09. The summed E-state index contributed by atoms with van der Waals surface area (Å²) in [5.41, 5.74) is 2.21. The fraction of sp³-hybridized carbons (Fsp3) is 0.286. The van der Waals surface area contributed by atoms with Crippen molar-refractivity contribution >= 4 is 21.8 Å². The first-order valence-corrected chi connectivity index (χ1v) is 9.93. The number of halogens is 1. The molecule has 28 heavy (non-hydrogen) atoms. The van der Waals surface area contributed by atoms with Crippen LogP contribution < -0.4 is 10.1 Å². The quantitative estimate of drug-likeness (QED) is 0.523. The molecule has 0 saturated heterocycles. The molecule has 3 rings (SSSR count). The van der Waals surface area contributed by atoms with Crippen molar-refractivity contribution in [2.75, 3.05) is 13.7 Å². The molecule has 7 heteroatoms. The van der Waals surface area contributed by atoms with Gasteiger partial charge in [0, 0.05) is 24.5 Å². The van der Waals surface area contributed by atoms with Crippen LogP contribution in [0.1, 0.15) is 36.3 Å². The van der Waals surface area contributed by atoms with Gasteiger partial charge in [0.05, 0.1) is 11.6 Å². The Kier molecular flexibility index (Phi) is 8.68. The van der Waals surface area contributed by atoms with Gasteiger partial charge in [-0.15, -0.1) is 0 Å². The van der Waals surface area contributed by atoms with Gasteiger partial charge in [-0.2, -0.15) is 0 Å². The molecule has 0 radical (unpaired) electrons. The lowest BCUT2D eigenvalue weighted by Gasteiger charge is -2.07. The van der Waals surface area contributed by atoms with Gasteiger partial charge >= 0.3 is 0 Å². The standard InChI is InChI=1S/C19H18BrN3O3.C2H6/c1-25-16-5-4-14(11-15(16)20)18-17(23-12-26-18)19(24)22-8-2-3-13-6-9-21-10-7-13;1-2/h4-7,9-12H,2-3,8H2,1H3,(H,22,24);1-2H3. The smallest absolute Gasteiger partial charge is 0.273 e. The number of hydrogen-bond acceptors (Lipinski definition) is 5. The summed E-state index contributed by atoms with van der Waals surface area (Å²) < 4.78 is 11.4. The van der Waals surface area contributed by atoms with Crippen LogP contribution in [-0.2, 0) is 6.42 Å². The van der Waals surface area contributed by atoms with Crippen LogP contribution in [0.4, 0.5) is 0 Å². The lowest BCUT2D eigenvalue weighted by Crippen LogP contribution is -2.25. The summed E-state index contributed by atoms with van der Waals surface area (Å²) in [6.45, 7) is 4.56. The number of nitrogens with one attached hydrogen (secondary N) is 1. The van der Waals surface area contributed by atoms with E-state index in [1.807, 2.05) is 38.1 Å². The maximum absolute atomic E-state index is 12.4. The number of carbonyl (C=O) groups excluding carboxylic acids is 1. The van der Waals surface area contributed by atoms with Gasteiger partial charge in [-0.1, -0.05) is 13.8 Å². The first kappa shape index (κ1) is 21.6. The minimum Gasteiger partial charge on any atom is -0.496 e. The number of hydrogen-bond donors (Lipinski definition) is 1. The average molecular weight is 446 g/mol. The number of nitrogens with zero attached hydrogens (tertiary/aromatic N) is 2. The van der Waals surface area contributed by atoms with Crippen LogP contribution in [0.5, 0.6) is 5.75 Å². The van der Waals surface area contributed by atoms with Crippen LogP contribution in [0.2, 0.25) is 0 Å². The largest absolute Gasteiger partial charge is 0.496 e. The highest BCUT2D eigenvalue weighted by Gasteiger charge is 2.18. The monoisotopic (exact) mass is 445 g/mol. The topological polar surface area (TPSA) is 77.2 Å². The molecule has 0 aliphatic carbocycles. The van der Waals surface area contributed by atoms with Crippen LogP contribution in [0.3, 0.4) is 0 Å². The van der Waals surface area contributed by atoms with Crippen LogP contribution in [0, 0.1) is 0 Å². The predicted octanol–water partition coefficient (Wildman–Crippen LogP) is 4.90. The normalized spacial score (nSPS) is 10.0. The lowest BCUT2D eigenvalue weighted by molar-refractivity contribution is 0.0949.